The van der Waals surface area contributed by atoms with Crippen LogP contribution in [0.15, 0.2) is 36.5 Å². The lowest BCUT2D eigenvalue weighted by Crippen LogP contribution is -2.17. The van der Waals surface area contributed by atoms with Crippen molar-refractivity contribution in [2.45, 2.75) is 26.8 Å². The fourth-order valence-electron chi connectivity index (χ4n) is 1.93. The van der Waals surface area contributed by atoms with Crippen LogP contribution in [0.5, 0.6) is 11.6 Å². The standard InChI is InChI=1S/C16H19FN2O/c1-4-18-12(3)13-6-8-16(19-10-13)20-15-9-14(17)7-5-11(15)2/h5-10,12,18H,4H2,1-3H3. The molecule has 0 saturated heterocycles. The van der Waals surface area contributed by atoms with Gasteiger partial charge in [-0.15, -0.1) is 0 Å². The van der Waals surface area contributed by atoms with Crippen LogP contribution in [0.2, 0.25) is 0 Å². The summed E-state index contributed by atoms with van der Waals surface area (Å²) in [7, 11) is 0. The Labute approximate surface area is 118 Å². The molecule has 1 aromatic heterocycles. The second-order valence-electron chi connectivity index (χ2n) is 4.72. The molecule has 2 rings (SSSR count). The molecule has 1 N–H and O–H groups in total. The molecule has 1 unspecified atom stereocenters. The quantitative estimate of drug-likeness (QED) is 0.895. The number of ether oxygens (including phenoxy) is 1. The summed E-state index contributed by atoms with van der Waals surface area (Å²) in [6.45, 7) is 6.92. The van der Waals surface area contributed by atoms with Gasteiger partial charge < -0.3 is 10.1 Å². The van der Waals surface area contributed by atoms with Crippen LogP contribution in [0.1, 0.15) is 31.0 Å². The van der Waals surface area contributed by atoms with Crippen LogP contribution >= 0.6 is 0 Å². The van der Waals surface area contributed by atoms with Crippen LogP contribution in [0.4, 0.5) is 4.39 Å². The van der Waals surface area contributed by atoms with Crippen molar-refractivity contribution in [2.24, 2.45) is 0 Å². The molecule has 3 nitrogen and oxygen atoms in total. The highest BCUT2D eigenvalue weighted by Gasteiger charge is 2.07. The number of hydrogen-bond acceptors (Lipinski definition) is 3. The van der Waals surface area contributed by atoms with E-state index in [0.29, 0.717) is 11.6 Å². The van der Waals surface area contributed by atoms with E-state index in [1.165, 1.54) is 12.1 Å². The Bertz CT molecular complexity index is 569. The van der Waals surface area contributed by atoms with Gasteiger partial charge in [-0.25, -0.2) is 9.37 Å². The van der Waals surface area contributed by atoms with Crippen molar-refractivity contribution in [3.05, 3.63) is 53.5 Å². The van der Waals surface area contributed by atoms with Gasteiger partial charge in [0.1, 0.15) is 11.6 Å². The molecule has 4 heteroatoms. The van der Waals surface area contributed by atoms with Crippen molar-refractivity contribution in [1.29, 1.82) is 0 Å². The van der Waals surface area contributed by atoms with Crippen LogP contribution in [0.25, 0.3) is 0 Å². The predicted molar refractivity (Wildman–Crippen MR) is 77.5 cm³/mol. The molecule has 20 heavy (non-hydrogen) atoms. The maximum absolute atomic E-state index is 13.2. The summed E-state index contributed by atoms with van der Waals surface area (Å²) in [5.74, 6) is 0.638. The van der Waals surface area contributed by atoms with Gasteiger partial charge in [0.05, 0.1) is 0 Å². The smallest absolute Gasteiger partial charge is 0.219 e. The van der Waals surface area contributed by atoms with Crippen molar-refractivity contribution in [2.75, 3.05) is 6.54 Å². The van der Waals surface area contributed by atoms with E-state index in [1.807, 2.05) is 13.0 Å². The average Bonchev–Trinajstić information content (AvgIpc) is 2.44. The van der Waals surface area contributed by atoms with Crippen LogP contribution in [0.3, 0.4) is 0 Å². The number of nitrogens with zero attached hydrogens (tertiary/aromatic N) is 1. The third-order valence-electron chi connectivity index (χ3n) is 3.13. The molecule has 0 spiro atoms. The Morgan fingerprint density at radius 2 is 2.10 bits per heavy atom. The van der Waals surface area contributed by atoms with Gasteiger partial charge in [0.15, 0.2) is 0 Å². The number of rotatable bonds is 5. The summed E-state index contributed by atoms with van der Waals surface area (Å²) in [6, 6.07) is 8.48. The van der Waals surface area contributed by atoms with Crippen molar-refractivity contribution in [1.82, 2.24) is 10.3 Å². The normalized spacial score (nSPS) is 12.2. The van der Waals surface area contributed by atoms with Gasteiger partial charge in [-0.3, -0.25) is 0 Å². The minimum absolute atomic E-state index is 0.248. The molecule has 0 amide bonds. The van der Waals surface area contributed by atoms with Gasteiger partial charge in [-0.1, -0.05) is 19.1 Å². The van der Waals surface area contributed by atoms with Gasteiger partial charge >= 0.3 is 0 Å². The third-order valence-corrected chi connectivity index (χ3v) is 3.13. The van der Waals surface area contributed by atoms with E-state index in [4.69, 9.17) is 4.74 Å². The Balaban J connectivity index is 2.12. The molecule has 0 bridgehead atoms. The highest BCUT2D eigenvalue weighted by atomic mass is 19.1. The zero-order valence-electron chi connectivity index (χ0n) is 12.0. The van der Waals surface area contributed by atoms with Crippen molar-refractivity contribution < 1.29 is 9.13 Å². The first-order chi connectivity index (χ1) is 9.60. The Kier molecular flexibility index (Phi) is 4.69. The molecule has 2 aromatic rings. The SMILES string of the molecule is CCNC(C)c1ccc(Oc2cc(F)ccc2C)nc1. The van der Waals surface area contributed by atoms with Gasteiger partial charge in [0.25, 0.3) is 0 Å². The molecule has 0 aliphatic rings. The second kappa shape index (κ2) is 6.48. The van der Waals surface area contributed by atoms with E-state index >= 15 is 0 Å². The zero-order chi connectivity index (χ0) is 14.5. The molecule has 1 heterocycles. The summed E-state index contributed by atoms with van der Waals surface area (Å²) in [4.78, 5) is 4.26. The molecule has 106 valence electrons. The minimum Gasteiger partial charge on any atom is -0.439 e. The number of nitrogens with one attached hydrogen (secondary N) is 1. The topological polar surface area (TPSA) is 34.1 Å². The van der Waals surface area contributed by atoms with Gasteiger partial charge in [-0.2, -0.15) is 0 Å². The molecular formula is C16H19FN2O. The summed E-state index contributed by atoms with van der Waals surface area (Å²) < 4.78 is 18.8. The molecule has 0 radical (unpaired) electrons. The van der Waals surface area contributed by atoms with Gasteiger partial charge in [0.2, 0.25) is 5.88 Å². The van der Waals surface area contributed by atoms with Crippen LogP contribution in [0, 0.1) is 12.7 Å². The van der Waals surface area contributed by atoms with Crippen molar-refractivity contribution in [3.63, 3.8) is 0 Å². The Morgan fingerprint density at radius 3 is 2.75 bits per heavy atom. The first kappa shape index (κ1) is 14.5. The highest BCUT2D eigenvalue weighted by molar-refractivity contribution is 5.35. The summed E-state index contributed by atoms with van der Waals surface area (Å²) >= 11 is 0. The number of benzene rings is 1. The van der Waals surface area contributed by atoms with E-state index in [2.05, 4.69) is 24.1 Å². The number of halogens is 1. The Morgan fingerprint density at radius 1 is 1.30 bits per heavy atom. The van der Waals surface area contributed by atoms with Crippen molar-refractivity contribution in [3.8, 4) is 11.6 Å². The fraction of sp³-hybridized carbons (Fsp3) is 0.312. The van der Waals surface area contributed by atoms with Crippen molar-refractivity contribution >= 4 is 0 Å². The maximum atomic E-state index is 13.2. The predicted octanol–water partition coefficient (Wildman–Crippen LogP) is 3.99. The lowest BCUT2D eigenvalue weighted by atomic mass is 10.1. The van der Waals surface area contributed by atoms with E-state index in [9.17, 15) is 4.39 Å². The number of aromatic nitrogens is 1. The molecular weight excluding hydrogens is 255 g/mol. The van der Waals surface area contributed by atoms with Crippen LogP contribution < -0.4 is 10.1 Å². The lowest BCUT2D eigenvalue weighted by molar-refractivity contribution is 0.453. The van der Waals surface area contributed by atoms with E-state index in [1.54, 1.807) is 18.3 Å². The van der Waals surface area contributed by atoms with E-state index in [-0.39, 0.29) is 11.9 Å². The highest BCUT2D eigenvalue weighted by Crippen LogP contribution is 2.25. The lowest BCUT2D eigenvalue weighted by Gasteiger charge is -2.13. The van der Waals surface area contributed by atoms with Gasteiger partial charge in [0, 0.05) is 24.4 Å². The summed E-state index contributed by atoms with van der Waals surface area (Å²) in [5, 5.41) is 3.32. The summed E-state index contributed by atoms with van der Waals surface area (Å²) in [6.07, 6.45) is 1.78. The molecule has 0 aliphatic carbocycles. The zero-order valence-corrected chi connectivity index (χ0v) is 12.0. The van der Waals surface area contributed by atoms with E-state index < -0.39 is 0 Å². The third kappa shape index (κ3) is 3.54. The summed E-state index contributed by atoms with van der Waals surface area (Å²) in [5.41, 5.74) is 1.97. The number of aryl methyl sites for hydroxylation is 1. The number of pyridine rings is 1. The molecule has 1 aromatic carbocycles. The molecule has 0 fully saturated rings. The molecule has 1 atom stereocenters. The molecule has 0 saturated carbocycles. The van der Waals surface area contributed by atoms with Crippen LogP contribution in [-0.4, -0.2) is 11.5 Å². The second-order valence-corrected chi connectivity index (χ2v) is 4.72. The largest absolute Gasteiger partial charge is 0.439 e. The minimum atomic E-state index is -0.317. The van der Waals surface area contributed by atoms with Crippen LogP contribution in [-0.2, 0) is 0 Å². The first-order valence-electron chi connectivity index (χ1n) is 6.73. The average molecular weight is 274 g/mol. The maximum Gasteiger partial charge on any atom is 0.219 e. The monoisotopic (exact) mass is 274 g/mol. The molecule has 0 aliphatic heterocycles. The number of hydrogen-bond donors (Lipinski definition) is 1. The fourth-order valence-corrected chi connectivity index (χ4v) is 1.93. The Hall–Kier alpha value is -1.94. The van der Waals surface area contributed by atoms with Gasteiger partial charge in [-0.05, 0) is 37.6 Å². The first-order valence-corrected chi connectivity index (χ1v) is 6.73. The van der Waals surface area contributed by atoms with E-state index in [0.717, 1.165) is 17.7 Å².